The molecule has 92 valence electrons. The molecule has 1 aliphatic rings. The van der Waals surface area contributed by atoms with E-state index in [1.165, 1.54) is 11.0 Å². The van der Waals surface area contributed by atoms with E-state index in [0.717, 1.165) is 0 Å². The molecule has 0 aromatic carbocycles. The molecule has 8 heteroatoms. The summed E-state index contributed by atoms with van der Waals surface area (Å²) >= 11 is 0. The maximum atomic E-state index is 11.8. The first-order valence-corrected chi connectivity index (χ1v) is 5.29. The van der Waals surface area contributed by atoms with Gasteiger partial charge in [0.05, 0.1) is 5.92 Å². The van der Waals surface area contributed by atoms with Gasteiger partial charge in [0.1, 0.15) is 12.9 Å². The smallest absolute Gasteiger partial charge is 0.308 e. The number of carboxylic acids is 1. The predicted octanol–water partition coefficient (Wildman–Crippen LogP) is -1.15. The molecule has 0 saturated carbocycles. The van der Waals surface area contributed by atoms with E-state index >= 15 is 0 Å². The number of likely N-dealkylation sites (tertiary alicyclic amines) is 1. The minimum Gasteiger partial charge on any atom is -0.481 e. The van der Waals surface area contributed by atoms with E-state index in [0.29, 0.717) is 6.54 Å². The fraction of sp³-hybridized carbons (Fsp3) is 0.667. The Kier molecular flexibility index (Phi) is 3.03. The molecule has 1 amide bonds. The molecular formula is C9H13N5O3. The average molecular weight is 239 g/mol. The van der Waals surface area contributed by atoms with Crippen molar-refractivity contribution >= 4 is 11.9 Å². The molecule has 0 bridgehead atoms. The first-order valence-electron chi connectivity index (χ1n) is 5.29. The van der Waals surface area contributed by atoms with Crippen molar-refractivity contribution in [3.05, 3.63) is 6.33 Å². The maximum Gasteiger partial charge on any atom is 0.308 e. The summed E-state index contributed by atoms with van der Waals surface area (Å²) in [6, 6.07) is 0. The van der Waals surface area contributed by atoms with E-state index in [4.69, 9.17) is 5.11 Å². The molecule has 1 aliphatic heterocycles. The molecule has 8 nitrogen and oxygen atoms in total. The van der Waals surface area contributed by atoms with Gasteiger partial charge in [-0.15, -0.1) is 5.10 Å². The number of rotatable bonds is 3. The molecule has 2 atom stereocenters. The number of aliphatic carboxylic acids is 1. The molecular weight excluding hydrogens is 226 g/mol. The van der Waals surface area contributed by atoms with Crippen LogP contribution in [0.3, 0.4) is 0 Å². The minimum absolute atomic E-state index is 0.0229. The van der Waals surface area contributed by atoms with Crippen molar-refractivity contribution in [1.29, 1.82) is 0 Å². The van der Waals surface area contributed by atoms with Gasteiger partial charge in [-0.05, 0) is 16.3 Å². The fourth-order valence-electron chi connectivity index (χ4n) is 1.98. The highest BCUT2D eigenvalue weighted by Crippen LogP contribution is 2.23. The van der Waals surface area contributed by atoms with Gasteiger partial charge in [-0.25, -0.2) is 4.68 Å². The number of amides is 1. The normalized spacial score (nSPS) is 23.9. The second-order valence-corrected chi connectivity index (χ2v) is 4.23. The maximum absolute atomic E-state index is 11.8. The van der Waals surface area contributed by atoms with Crippen LogP contribution in [0.2, 0.25) is 0 Å². The number of carbonyl (C=O) groups excluding carboxylic acids is 1. The van der Waals surface area contributed by atoms with Gasteiger partial charge < -0.3 is 10.0 Å². The van der Waals surface area contributed by atoms with Crippen molar-refractivity contribution in [2.75, 3.05) is 13.1 Å². The first kappa shape index (κ1) is 11.5. The second-order valence-electron chi connectivity index (χ2n) is 4.23. The summed E-state index contributed by atoms with van der Waals surface area (Å²) < 4.78 is 1.32. The summed E-state index contributed by atoms with van der Waals surface area (Å²) in [6.45, 7) is 2.62. The van der Waals surface area contributed by atoms with Gasteiger partial charge in [0.25, 0.3) is 0 Å². The summed E-state index contributed by atoms with van der Waals surface area (Å²) in [7, 11) is 0. The second kappa shape index (κ2) is 4.48. The van der Waals surface area contributed by atoms with Crippen molar-refractivity contribution < 1.29 is 14.7 Å². The lowest BCUT2D eigenvalue weighted by Gasteiger charge is -2.15. The van der Waals surface area contributed by atoms with Crippen LogP contribution in [0, 0.1) is 11.8 Å². The summed E-state index contributed by atoms with van der Waals surface area (Å²) in [5.41, 5.74) is 0. The molecule has 2 heterocycles. The Labute approximate surface area is 97.2 Å². The number of hydrogen-bond acceptors (Lipinski definition) is 5. The quantitative estimate of drug-likeness (QED) is 0.714. The molecule has 1 saturated heterocycles. The Bertz CT molecular complexity index is 418. The lowest BCUT2D eigenvalue weighted by atomic mass is 9.99. The topological polar surface area (TPSA) is 101 Å². The predicted molar refractivity (Wildman–Crippen MR) is 54.7 cm³/mol. The van der Waals surface area contributed by atoms with Crippen molar-refractivity contribution in [3.8, 4) is 0 Å². The summed E-state index contributed by atoms with van der Waals surface area (Å²) in [5, 5.41) is 19.4. The Morgan fingerprint density at radius 3 is 2.76 bits per heavy atom. The van der Waals surface area contributed by atoms with Crippen molar-refractivity contribution in [3.63, 3.8) is 0 Å². The van der Waals surface area contributed by atoms with E-state index in [-0.39, 0.29) is 24.9 Å². The largest absolute Gasteiger partial charge is 0.481 e. The number of aromatic nitrogens is 4. The van der Waals surface area contributed by atoms with Crippen LogP contribution in [-0.4, -0.2) is 55.2 Å². The van der Waals surface area contributed by atoms with E-state index in [1.807, 2.05) is 6.92 Å². The Morgan fingerprint density at radius 2 is 2.24 bits per heavy atom. The van der Waals surface area contributed by atoms with Gasteiger partial charge >= 0.3 is 5.97 Å². The summed E-state index contributed by atoms with van der Waals surface area (Å²) in [4.78, 5) is 24.3. The van der Waals surface area contributed by atoms with Crippen LogP contribution in [0.15, 0.2) is 6.33 Å². The van der Waals surface area contributed by atoms with Gasteiger partial charge in [0.15, 0.2) is 0 Å². The van der Waals surface area contributed by atoms with Gasteiger partial charge in [0.2, 0.25) is 5.91 Å². The molecule has 1 N–H and O–H groups in total. The number of hydrogen-bond donors (Lipinski definition) is 1. The average Bonchev–Trinajstić information content (AvgIpc) is 2.86. The molecule has 0 spiro atoms. The highest BCUT2D eigenvalue weighted by molar-refractivity contribution is 5.78. The fourth-order valence-corrected chi connectivity index (χ4v) is 1.98. The number of carbonyl (C=O) groups is 2. The Hall–Kier alpha value is -1.99. The SMILES string of the molecule is C[C@@H]1CN(C(=O)Cn2cnnn2)C[C@H]1C(=O)O. The summed E-state index contributed by atoms with van der Waals surface area (Å²) in [5.74, 6) is -1.51. The van der Waals surface area contributed by atoms with Crippen LogP contribution in [0.5, 0.6) is 0 Å². The van der Waals surface area contributed by atoms with Crippen LogP contribution in [-0.2, 0) is 16.1 Å². The van der Waals surface area contributed by atoms with E-state index in [9.17, 15) is 9.59 Å². The molecule has 17 heavy (non-hydrogen) atoms. The van der Waals surface area contributed by atoms with Gasteiger partial charge in [-0.2, -0.15) is 0 Å². The molecule has 0 unspecified atom stereocenters. The van der Waals surface area contributed by atoms with Crippen molar-refractivity contribution in [2.45, 2.75) is 13.5 Å². The van der Waals surface area contributed by atoms with Crippen LogP contribution in [0.4, 0.5) is 0 Å². The molecule has 1 fully saturated rings. The van der Waals surface area contributed by atoms with Crippen LogP contribution in [0.25, 0.3) is 0 Å². The standard InChI is InChI=1S/C9H13N5O3/c1-6-2-13(3-7(6)9(16)17)8(15)4-14-5-10-11-12-14/h5-7H,2-4H2,1H3,(H,16,17)/t6-,7-/m1/s1. The van der Waals surface area contributed by atoms with Gasteiger partial charge in [-0.1, -0.05) is 6.92 Å². The van der Waals surface area contributed by atoms with Gasteiger partial charge in [-0.3, -0.25) is 9.59 Å². The third kappa shape index (κ3) is 2.40. The number of carboxylic acid groups (broad SMARTS) is 1. The van der Waals surface area contributed by atoms with Crippen LogP contribution < -0.4 is 0 Å². The zero-order valence-corrected chi connectivity index (χ0v) is 9.35. The Balaban J connectivity index is 1.96. The lowest BCUT2D eigenvalue weighted by molar-refractivity contribution is -0.142. The molecule has 1 aromatic heterocycles. The van der Waals surface area contributed by atoms with E-state index < -0.39 is 11.9 Å². The van der Waals surface area contributed by atoms with Crippen molar-refractivity contribution in [1.82, 2.24) is 25.1 Å². The molecule has 0 radical (unpaired) electrons. The molecule has 2 rings (SSSR count). The molecule has 0 aliphatic carbocycles. The summed E-state index contributed by atoms with van der Waals surface area (Å²) in [6.07, 6.45) is 1.35. The molecule has 1 aromatic rings. The Morgan fingerprint density at radius 1 is 1.47 bits per heavy atom. The van der Waals surface area contributed by atoms with Crippen LogP contribution in [0.1, 0.15) is 6.92 Å². The first-order chi connectivity index (χ1) is 8.08. The van der Waals surface area contributed by atoms with E-state index in [2.05, 4.69) is 15.5 Å². The van der Waals surface area contributed by atoms with Crippen molar-refractivity contribution in [2.24, 2.45) is 11.8 Å². The lowest BCUT2D eigenvalue weighted by Crippen LogP contribution is -2.33. The number of tetrazole rings is 1. The highest BCUT2D eigenvalue weighted by atomic mass is 16.4. The van der Waals surface area contributed by atoms with Gasteiger partial charge in [0, 0.05) is 13.1 Å². The van der Waals surface area contributed by atoms with E-state index in [1.54, 1.807) is 4.90 Å². The zero-order chi connectivity index (χ0) is 12.4. The third-order valence-corrected chi connectivity index (χ3v) is 2.97. The third-order valence-electron chi connectivity index (χ3n) is 2.97. The monoisotopic (exact) mass is 239 g/mol. The van der Waals surface area contributed by atoms with Crippen LogP contribution >= 0.6 is 0 Å². The minimum atomic E-state index is -0.852. The zero-order valence-electron chi connectivity index (χ0n) is 9.35. The number of nitrogens with zero attached hydrogens (tertiary/aromatic N) is 5. The highest BCUT2D eigenvalue weighted by Gasteiger charge is 2.36.